The highest BCUT2D eigenvalue weighted by atomic mass is 32.1. The van der Waals surface area contributed by atoms with Crippen molar-refractivity contribution >= 4 is 17.2 Å². The molecule has 0 saturated heterocycles. The minimum Gasteiger partial charge on any atom is -0.387 e. The van der Waals surface area contributed by atoms with E-state index in [1.165, 1.54) is 17.0 Å². The summed E-state index contributed by atoms with van der Waals surface area (Å²) in [5, 5.41) is 0. The molecule has 94 valence electrons. The molecule has 0 fully saturated rings. The second kappa shape index (κ2) is 4.33. The first-order valence-corrected chi connectivity index (χ1v) is 5.04. The number of imidazole rings is 1. The van der Waals surface area contributed by atoms with Gasteiger partial charge in [0, 0.05) is 18.6 Å². The van der Waals surface area contributed by atoms with E-state index >= 15 is 0 Å². The fraction of sp³-hybridized carbons (Fsp3) is 0.111. The molecule has 0 aliphatic heterocycles. The van der Waals surface area contributed by atoms with Gasteiger partial charge in [-0.1, -0.05) is 12.2 Å². The maximum Gasteiger partial charge on any atom is 0.433 e. The number of hydrogen-bond acceptors (Lipinski definition) is 4. The van der Waals surface area contributed by atoms with E-state index in [0.29, 0.717) is 0 Å². The zero-order valence-electron chi connectivity index (χ0n) is 8.72. The van der Waals surface area contributed by atoms with Gasteiger partial charge in [0.2, 0.25) is 5.95 Å². The van der Waals surface area contributed by atoms with Crippen LogP contribution in [0.25, 0.3) is 5.95 Å². The molecule has 2 aromatic heterocycles. The van der Waals surface area contributed by atoms with Crippen molar-refractivity contribution in [2.45, 2.75) is 6.18 Å². The van der Waals surface area contributed by atoms with Crippen molar-refractivity contribution in [3.05, 3.63) is 36.2 Å². The summed E-state index contributed by atoms with van der Waals surface area (Å²) < 4.78 is 38.7. The normalized spacial score (nSPS) is 11.5. The number of thiocarbonyl (C=S) groups is 1. The highest BCUT2D eigenvalue weighted by Gasteiger charge is 2.33. The molecule has 0 aliphatic rings. The Morgan fingerprint density at radius 1 is 1.28 bits per heavy atom. The Labute approximate surface area is 104 Å². The number of nitrogens with two attached hydrogens (primary N) is 1. The molecule has 0 amide bonds. The van der Waals surface area contributed by atoms with E-state index in [-0.39, 0.29) is 16.8 Å². The average Bonchev–Trinajstić information content (AvgIpc) is 2.77. The molecule has 0 unspecified atom stereocenters. The Morgan fingerprint density at radius 3 is 2.61 bits per heavy atom. The molecule has 0 aromatic carbocycles. The molecule has 0 bridgehead atoms. The number of nitrogens with zero attached hydrogens (tertiary/aromatic N) is 4. The fourth-order valence-corrected chi connectivity index (χ4v) is 1.42. The molecule has 0 radical (unpaired) electrons. The molecular formula is C9H6F3N5S. The number of hydrogen-bond donors (Lipinski definition) is 1. The summed E-state index contributed by atoms with van der Waals surface area (Å²) in [6.07, 6.45) is -0.807. The first kappa shape index (κ1) is 12.4. The summed E-state index contributed by atoms with van der Waals surface area (Å²) in [5.74, 6) is -0.0607. The number of rotatable bonds is 2. The van der Waals surface area contributed by atoms with Crippen molar-refractivity contribution in [2.24, 2.45) is 5.73 Å². The summed E-state index contributed by atoms with van der Waals surface area (Å²) in [6, 6.07) is 0.779. The van der Waals surface area contributed by atoms with Crippen LogP contribution in [0.15, 0.2) is 24.7 Å². The summed E-state index contributed by atoms with van der Waals surface area (Å²) in [7, 11) is 0. The van der Waals surface area contributed by atoms with Gasteiger partial charge in [0.1, 0.15) is 10.7 Å². The zero-order chi connectivity index (χ0) is 13.3. The lowest BCUT2D eigenvalue weighted by Gasteiger charge is -2.08. The van der Waals surface area contributed by atoms with Gasteiger partial charge in [0.25, 0.3) is 0 Å². The van der Waals surface area contributed by atoms with Crippen LogP contribution in [-0.4, -0.2) is 24.5 Å². The molecule has 9 heteroatoms. The van der Waals surface area contributed by atoms with Crippen LogP contribution in [0, 0.1) is 0 Å². The van der Waals surface area contributed by atoms with Gasteiger partial charge in [0.05, 0.1) is 0 Å². The number of aromatic nitrogens is 4. The summed E-state index contributed by atoms with van der Waals surface area (Å²) in [4.78, 5) is 10.9. The van der Waals surface area contributed by atoms with Crippen LogP contribution in [0.4, 0.5) is 13.2 Å². The quantitative estimate of drug-likeness (QED) is 0.836. The third-order valence-corrected chi connectivity index (χ3v) is 2.19. The standard InChI is InChI=1S/C9H6F3N5S/c10-9(11,12)5-1-2-15-8(16-5)17-4-3-14-7(17)6(13)18/h1-4H,(H2,13,18). The Bertz CT molecular complexity index is 592. The van der Waals surface area contributed by atoms with Gasteiger partial charge in [-0.15, -0.1) is 0 Å². The van der Waals surface area contributed by atoms with Gasteiger partial charge in [-0.2, -0.15) is 13.2 Å². The summed E-state index contributed by atoms with van der Waals surface area (Å²) >= 11 is 4.73. The maximum atomic E-state index is 12.5. The van der Waals surface area contributed by atoms with Crippen LogP contribution >= 0.6 is 12.2 Å². The Balaban J connectivity index is 2.52. The lowest BCUT2D eigenvalue weighted by molar-refractivity contribution is -0.141. The molecule has 18 heavy (non-hydrogen) atoms. The van der Waals surface area contributed by atoms with Crippen LogP contribution in [-0.2, 0) is 6.18 Å². The second-order valence-electron chi connectivity index (χ2n) is 3.22. The van der Waals surface area contributed by atoms with E-state index in [4.69, 9.17) is 18.0 Å². The van der Waals surface area contributed by atoms with Crippen molar-refractivity contribution in [1.82, 2.24) is 19.5 Å². The predicted molar refractivity (Wildman–Crippen MR) is 60.0 cm³/mol. The van der Waals surface area contributed by atoms with Crippen molar-refractivity contribution < 1.29 is 13.2 Å². The van der Waals surface area contributed by atoms with Crippen LogP contribution in [0.5, 0.6) is 0 Å². The van der Waals surface area contributed by atoms with Crippen LogP contribution in [0.1, 0.15) is 11.5 Å². The second-order valence-corrected chi connectivity index (χ2v) is 3.66. The topological polar surface area (TPSA) is 69.6 Å². The van der Waals surface area contributed by atoms with Crippen LogP contribution in [0.2, 0.25) is 0 Å². The molecule has 0 aliphatic carbocycles. The van der Waals surface area contributed by atoms with Crippen LogP contribution in [0.3, 0.4) is 0 Å². The Morgan fingerprint density at radius 2 is 2.00 bits per heavy atom. The summed E-state index contributed by atoms with van der Waals surface area (Å²) in [6.45, 7) is 0. The highest BCUT2D eigenvalue weighted by molar-refractivity contribution is 7.80. The van der Waals surface area contributed by atoms with E-state index in [1.54, 1.807) is 0 Å². The van der Waals surface area contributed by atoms with Gasteiger partial charge in [-0.3, -0.25) is 4.57 Å². The van der Waals surface area contributed by atoms with E-state index in [1.807, 2.05) is 0 Å². The van der Waals surface area contributed by atoms with E-state index in [0.717, 1.165) is 12.3 Å². The van der Waals surface area contributed by atoms with Crippen molar-refractivity contribution in [1.29, 1.82) is 0 Å². The van der Waals surface area contributed by atoms with E-state index in [2.05, 4.69) is 15.0 Å². The van der Waals surface area contributed by atoms with Crippen molar-refractivity contribution in [3.8, 4) is 5.95 Å². The fourth-order valence-electron chi connectivity index (χ4n) is 1.27. The first-order chi connectivity index (χ1) is 8.39. The van der Waals surface area contributed by atoms with Crippen molar-refractivity contribution in [2.75, 3.05) is 0 Å². The molecule has 2 heterocycles. The molecule has 0 saturated carbocycles. The lowest BCUT2D eigenvalue weighted by Crippen LogP contribution is -2.18. The average molecular weight is 273 g/mol. The van der Waals surface area contributed by atoms with E-state index in [9.17, 15) is 13.2 Å². The SMILES string of the molecule is NC(=S)c1nccn1-c1nccc(C(F)(F)F)n1. The maximum absolute atomic E-state index is 12.5. The highest BCUT2D eigenvalue weighted by Crippen LogP contribution is 2.27. The first-order valence-electron chi connectivity index (χ1n) is 4.63. The van der Waals surface area contributed by atoms with Gasteiger partial charge in [-0.25, -0.2) is 15.0 Å². The molecular weight excluding hydrogens is 267 g/mol. The molecule has 2 rings (SSSR count). The number of alkyl halides is 3. The zero-order valence-corrected chi connectivity index (χ0v) is 9.53. The predicted octanol–water partition coefficient (Wildman–Crippen LogP) is 1.32. The largest absolute Gasteiger partial charge is 0.433 e. The molecule has 0 spiro atoms. The molecule has 0 atom stereocenters. The Kier molecular flexibility index (Phi) is 2.99. The van der Waals surface area contributed by atoms with Crippen LogP contribution < -0.4 is 5.73 Å². The smallest absolute Gasteiger partial charge is 0.387 e. The number of halogens is 3. The van der Waals surface area contributed by atoms with Gasteiger partial charge >= 0.3 is 6.18 Å². The monoisotopic (exact) mass is 273 g/mol. The third kappa shape index (κ3) is 2.30. The summed E-state index contributed by atoms with van der Waals surface area (Å²) in [5.41, 5.74) is 4.34. The minimum atomic E-state index is -4.54. The Hall–Kier alpha value is -2.03. The molecule has 2 aromatic rings. The van der Waals surface area contributed by atoms with Gasteiger partial charge < -0.3 is 5.73 Å². The molecule has 2 N–H and O–H groups in total. The van der Waals surface area contributed by atoms with Crippen molar-refractivity contribution in [3.63, 3.8) is 0 Å². The lowest BCUT2D eigenvalue weighted by atomic mass is 10.4. The van der Waals surface area contributed by atoms with Gasteiger partial charge in [-0.05, 0) is 6.07 Å². The van der Waals surface area contributed by atoms with E-state index < -0.39 is 11.9 Å². The van der Waals surface area contributed by atoms with Gasteiger partial charge in [0.15, 0.2) is 5.82 Å². The minimum absolute atomic E-state index is 0.0546. The molecule has 5 nitrogen and oxygen atoms in total. The third-order valence-electron chi connectivity index (χ3n) is 2.01.